The first kappa shape index (κ1) is 25.1. The molecule has 7 nitrogen and oxygen atoms in total. The molecule has 2 heterocycles. The minimum absolute atomic E-state index is 0.0970. The molecule has 0 bridgehead atoms. The highest BCUT2D eigenvalue weighted by atomic mass is 35.5. The van der Waals surface area contributed by atoms with Crippen molar-refractivity contribution in [3.05, 3.63) is 88.9 Å². The van der Waals surface area contributed by atoms with Crippen LogP contribution >= 0.6 is 22.9 Å². The van der Waals surface area contributed by atoms with Gasteiger partial charge in [-0.15, -0.1) is 15.0 Å². The van der Waals surface area contributed by atoms with Crippen molar-refractivity contribution in [2.75, 3.05) is 3.71 Å². The number of hydrogen-bond donors (Lipinski definition) is 0. The van der Waals surface area contributed by atoms with E-state index in [2.05, 4.69) is 9.97 Å². The minimum atomic E-state index is -4.67. The van der Waals surface area contributed by atoms with Gasteiger partial charge in [0.1, 0.15) is 11.4 Å². The summed E-state index contributed by atoms with van der Waals surface area (Å²) in [5.74, 6) is 0. The van der Waals surface area contributed by atoms with Gasteiger partial charge in [-0.3, -0.25) is 4.98 Å². The van der Waals surface area contributed by atoms with Crippen LogP contribution in [-0.2, 0) is 26.2 Å². The molecule has 0 atom stereocenters. The Labute approximate surface area is 207 Å². The molecule has 0 spiro atoms. The van der Waals surface area contributed by atoms with Crippen LogP contribution in [-0.4, -0.2) is 26.8 Å². The summed E-state index contributed by atoms with van der Waals surface area (Å²) < 4.78 is 92.9. The Morgan fingerprint density at radius 1 is 0.857 bits per heavy atom. The van der Waals surface area contributed by atoms with Gasteiger partial charge in [0.05, 0.1) is 20.4 Å². The molecule has 0 radical (unpaired) electrons. The monoisotopic (exact) mass is 559 g/mol. The van der Waals surface area contributed by atoms with E-state index in [0.717, 1.165) is 0 Å². The van der Waals surface area contributed by atoms with E-state index >= 15 is 0 Å². The van der Waals surface area contributed by atoms with Gasteiger partial charge in [0.25, 0.3) is 20.0 Å². The normalized spacial score (nSPS) is 12.5. The summed E-state index contributed by atoms with van der Waals surface area (Å²) in [6.07, 6.45) is -4.12. The van der Waals surface area contributed by atoms with Crippen molar-refractivity contribution in [3.63, 3.8) is 0 Å². The van der Waals surface area contributed by atoms with E-state index in [1.165, 1.54) is 53.9 Å². The highest BCUT2D eigenvalue weighted by Crippen LogP contribution is 2.38. The Hall–Kier alpha value is -3.00. The fourth-order valence-electron chi connectivity index (χ4n) is 2.95. The Balaban J connectivity index is 1.87. The molecule has 0 saturated carbocycles. The third kappa shape index (κ3) is 4.89. The number of benzene rings is 2. The van der Waals surface area contributed by atoms with Crippen LogP contribution in [0.2, 0.25) is 5.02 Å². The fraction of sp³-hybridized carbons (Fsp3) is 0.0476. The van der Waals surface area contributed by atoms with Crippen LogP contribution in [0.3, 0.4) is 0 Å². The van der Waals surface area contributed by atoms with Crippen molar-refractivity contribution in [1.82, 2.24) is 9.97 Å². The summed E-state index contributed by atoms with van der Waals surface area (Å²) in [4.78, 5) is 7.17. The number of nitrogens with zero attached hydrogens (tertiary/aromatic N) is 3. The maximum absolute atomic E-state index is 13.5. The SMILES string of the molecule is O=S(=O)(c1ccccc1)N(c1nc(-c2ncc(C(F)(F)F)cc2Cl)cs1)S(=O)(=O)c1ccccc1. The lowest BCUT2D eigenvalue weighted by Gasteiger charge is -2.21. The molecular formula is C21H13ClF3N3O4S3. The lowest BCUT2D eigenvalue weighted by molar-refractivity contribution is -0.137. The Bertz CT molecular complexity index is 1510. The first-order chi connectivity index (χ1) is 16.4. The second-order valence-electron chi connectivity index (χ2n) is 6.90. The predicted octanol–water partition coefficient (Wildman–Crippen LogP) is 5.46. The van der Waals surface area contributed by atoms with Gasteiger partial charge in [-0.05, 0) is 30.3 Å². The van der Waals surface area contributed by atoms with Crippen LogP contribution in [0.15, 0.2) is 88.1 Å². The Morgan fingerprint density at radius 3 is 1.83 bits per heavy atom. The van der Waals surface area contributed by atoms with Gasteiger partial charge in [-0.2, -0.15) is 30.0 Å². The van der Waals surface area contributed by atoms with Crippen LogP contribution in [0.4, 0.5) is 18.3 Å². The summed E-state index contributed by atoms with van der Waals surface area (Å²) in [6.45, 7) is 0. The average Bonchev–Trinajstić information content (AvgIpc) is 3.28. The standard InChI is InChI=1S/C21H13ClF3N3O4S3/c22-17-11-14(21(23,24)25)12-26-19(17)18-13-33-20(27-18)28(34(29,30)15-7-3-1-4-8-15)35(31,32)16-9-5-2-6-10-16/h1-13H. The molecule has 0 saturated heterocycles. The van der Waals surface area contributed by atoms with E-state index < -0.39 is 36.9 Å². The molecule has 0 aliphatic carbocycles. The van der Waals surface area contributed by atoms with Crippen LogP contribution < -0.4 is 3.71 Å². The molecule has 0 fully saturated rings. The second-order valence-corrected chi connectivity index (χ2v) is 11.9. The van der Waals surface area contributed by atoms with Crippen molar-refractivity contribution < 1.29 is 30.0 Å². The number of hydrogen-bond acceptors (Lipinski definition) is 7. The van der Waals surface area contributed by atoms with Crippen molar-refractivity contribution in [2.45, 2.75) is 16.0 Å². The molecule has 0 aliphatic heterocycles. The predicted molar refractivity (Wildman–Crippen MR) is 125 cm³/mol. The summed E-state index contributed by atoms with van der Waals surface area (Å²) in [6, 6.07) is 14.4. The van der Waals surface area contributed by atoms with E-state index in [-0.39, 0.29) is 29.9 Å². The molecule has 0 unspecified atom stereocenters. The second kappa shape index (κ2) is 9.22. The summed E-state index contributed by atoms with van der Waals surface area (Å²) in [5, 5.41) is 0.399. The van der Waals surface area contributed by atoms with Gasteiger partial charge < -0.3 is 0 Å². The van der Waals surface area contributed by atoms with E-state index in [0.29, 0.717) is 23.6 Å². The highest BCUT2D eigenvalue weighted by Gasteiger charge is 2.39. The number of sulfonamides is 2. The first-order valence-corrected chi connectivity index (χ1v) is 13.7. The molecule has 0 N–H and O–H groups in total. The van der Waals surface area contributed by atoms with Crippen LogP contribution in [0.5, 0.6) is 0 Å². The number of thiazole rings is 1. The number of pyridine rings is 1. The average molecular weight is 560 g/mol. The quantitative estimate of drug-likeness (QED) is 0.311. The van der Waals surface area contributed by atoms with Gasteiger partial charge in [0.15, 0.2) is 0 Å². The summed E-state index contributed by atoms with van der Waals surface area (Å²) in [5.41, 5.74) is -1.35. The molecule has 4 rings (SSSR count). The minimum Gasteiger partial charge on any atom is -0.252 e. The number of halogens is 4. The largest absolute Gasteiger partial charge is 0.417 e. The molecule has 35 heavy (non-hydrogen) atoms. The van der Waals surface area contributed by atoms with Gasteiger partial charge in [-0.25, -0.2) is 4.98 Å². The number of aromatic nitrogens is 2. The molecule has 182 valence electrons. The molecule has 0 amide bonds. The fourth-order valence-corrected chi connectivity index (χ4v) is 8.11. The molecule has 4 aromatic rings. The highest BCUT2D eigenvalue weighted by molar-refractivity contribution is 8.10. The van der Waals surface area contributed by atoms with Crippen LogP contribution in [0.1, 0.15) is 5.56 Å². The van der Waals surface area contributed by atoms with Gasteiger partial charge in [0.2, 0.25) is 5.13 Å². The molecule has 14 heteroatoms. The number of anilines is 1. The van der Waals surface area contributed by atoms with E-state index in [1.807, 2.05) is 0 Å². The Morgan fingerprint density at radius 2 is 1.37 bits per heavy atom. The van der Waals surface area contributed by atoms with Crippen molar-refractivity contribution >= 4 is 48.1 Å². The van der Waals surface area contributed by atoms with Crippen molar-refractivity contribution in [2.24, 2.45) is 0 Å². The third-order valence-electron chi connectivity index (χ3n) is 4.58. The van der Waals surface area contributed by atoms with Crippen LogP contribution in [0.25, 0.3) is 11.4 Å². The Kier molecular flexibility index (Phi) is 6.62. The van der Waals surface area contributed by atoms with Gasteiger partial charge in [0, 0.05) is 11.6 Å². The van der Waals surface area contributed by atoms with Gasteiger partial charge >= 0.3 is 6.18 Å². The maximum atomic E-state index is 13.5. The van der Waals surface area contributed by atoms with E-state index in [9.17, 15) is 30.0 Å². The maximum Gasteiger partial charge on any atom is 0.417 e. The van der Waals surface area contributed by atoms with Crippen LogP contribution in [0, 0.1) is 0 Å². The zero-order valence-corrected chi connectivity index (χ0v) is 20.4. The van der Waals surface area contributed by atoms with Gasteiger partial charge in [-0.1, -0.05) is 48.0 Å². The smallest absolute Gasteiger partial charge is 0.252 e. The topological polar surface area (TPSA) is 97.3 Å². The zero-order chi connectivity index (χ0) is 25.4. The zero-order valence-electron chi connectivity index (χ0n) is 17.2. The molecule has 2 aromatic carbocycles. The van der Waals surface area contributed by atoms with E-state index in [1.54, 1.807) is 12.1 Å². The summed E-state index contributed by atoms with van der Waals surface area (Å²) in [7, 11) is -9.35. The van der Waals surface area contributed by atoms with Crippen molar-refractivity contribution in [1.29, 1.82) is 0 Å². The van der Waals surface area contributed by atoms with Crippen molar-refractivity contribution in [3.8, 4) is 11.4 Å². The summed E-state index contributed by atoms with van der Waals surface area (Å²) >= 11 is 6.63. The lowest BCUT2D eigenvalue weighted by Crippen LogP contribution is -2.37. The first-order valence-electron chi connectivity index (χ1n) is 9.51. The molecular weight excluding hydrogens is 547 g/mol. The third-order valence-corrected chi connectivity index (χ3v) is 10.1. The molecule has 0 aliphatic rings. The lowest BCUT2D eigenvalue weighted by atomic mass is 10.2. The number of alkyl halides is 3. The van der Waals surface area contributed by atoms with E-state index in [4.69, 9.17) is 11.6 Å². The number of rotatable bonds is 6. The molecule has 2 aromatic heterocycles.